The number of amides is 3. The van der Waals surface area contributed by atoms with Crippen LogP contribution in [0.3, 0.4) is 0 Å². The highest BCUT2D eigenvalue weighted by Gasteiger charge is 2.44. The van der Waals surface area contributed by atoms with E-state index in [1.165, 1.54) is 18.2 Å². The number of nitrogens with zero attached hydrogens (tertiary/aromatic N) is 5. The number of nitrogens with one attached hydrogen (secondary N) is 2. The highest BCUT2D eigenvalue weighted by Crippen LogP contribution is 2.40. The predicted octanol–water partition coefficient (Wildman–Crippen LogP) is 7.17. The lowest BCUT2D eigenvalue weighted by molar-refractivity contribution is -0.134. The van der Waals surface area contributed by atoms with Crippen LogP contribution in [0.4, 0.5) is 10.5 Å². The van der Waals surface area contributed by atoms with Crippen molar-refractivity contribution in [1.29, 1.82) is 0 Å². The molecule has 2 aromatic carbocycles. The Morgan fingerprint density at radius 1 is 1.04 bits per heavy atom. The zero-order chi connectivity index (χ0) is 40.8. The summed E-state index contributed by atoms with van der Waals surface area (Å²) in [6, 6.07) is 11.4. The second kappa shape index (κ2) is 15.4. The van der Waals surface area contributed by atoms with Gasteiger partial charge >= 0.3 is 12.1 Å². The third-order valence-electron chi connectivity index (χ3n) is 10.4. The zero-order valence-corrected chi connectivity index (χ0v) is 34.2. The summed E-state index contributed by atoms with van der Waals surface area (Å²) in [4.78, 5) is 60.0. The van der Waals surface area contributed by atoms with Crippen LogP contribution in [0.25, 0.3) is 5.00 Å². The largest absolute Gasteiger partial charge is 0.478 e. The van der Waals surface area contributed by atoms with Gasteiger partial charge in [-0.1, -0.05) is 35.6 Å². The lowest BCUT2D eigenvalue weighted by Crippen LogP contribution is -2.41. The van der Waals surface area contributed by atoms with E-state index in [9.17, 15) is 24.3 Å². The molecule has 1 saturated heterocycles. The van der Waals surface area contributed by atoms with Crippen LogP contribution in [-0.2, 0) is 14.3 Å². The number of thiophene rings is 1. The van der Waals surface area contributed by atoms with Crippen LogP contribution in [0.2, 0.25) is 5.02 Å². The van der Waals surface area contributed by atoms with Crippen LogP contribution in [0.15, 0.2) is 47.5 Å². The first kappa shape index (κ1) is 39.7. The molecule has 4 heterocycles. The van der Waals surface area contributed by atoms with E-state index in [4.69, 9.17) is 21.3 Å². The number of aliphatic imine (C=N–C) groups is 1. The van der Waals surface area contributed by atoms with E-state index in [2.05, 4.69) is 46.5 Å². The Morgan fingerprint density at radius 2 is 1.74 bits per heavy atom. The monoisotopic (exact) mass is 809 g/mol. The number of benzene rings is 2. The molecule has 2 aromatic heterocycles. The molecule has 1 atom stereocenters. The molecule has 4 aromatic rings. The number of alkyl carbamates (subject to hydrolysis) is 1. The van der Waals surface area contributed by atoms with Crippen molar-refractivity contribution < 1.29 is 29.0 Å². The van der Waals surface area contributed by atoms with Gasteiger partial charge in [0.25, 0.3) is 0 Å². The summed E-state index contributed by atoms with van der Waals surface area (Å²) in [5.74, 6) is 5.42. The van der Waals surface area contributed by atoms with Crippen molar-refractivity contribution in [3.05, 3.63) is 91.8 Å². The third-order valence-corrected chi connectivity index (χ3v) is 11.8. The maximum absolute atomic E-state index is 14.0. The zero-order valence-electron chi connectivity index (χ0n) is 32.7. The van der Waals surface area contributed by atoms with Crippen LogP contribution < -0.4 is 10.6 Å². The molecule has 3 N–H and O–H groups in total. The van der Waals surface area contributed by atoms with Crippen LogP contribution in [0.5, 0.6) is 0 Å². The first-order valence-corrected chi connectivity index (χ1v) is 20.1. The number of halogens is 1. The Balaban J connectivity index is 1.03. The molecule has 1 aliphatic carbocycles. The number of anilines is 1. The van der Waals surface area contributed by atoms with Gasteiger partial charge < -0.3 is 25.4 Å². The summed E-state index contributed by atoms with van der Waals surface area (Å²) in [5, 5.41) is 26.0. The fourth-order valence-corrected chi connectivity index (χ4v) is 8.41. The van der Waals surface area contributed by atoms with E-state index in [-0.39, 0.29) is 35.3 Å². The SMILES string of the molecule is Cc1sc2c(c1C)C(c1ccc(Cl)cc1)=N[C@@H](CC(=O)N1CCC(C(=O)Nc3ccc(C(=O)O)c(C#CC4(NC(=O)OC(C)(C)C)CC4)c3)CC1)c1nnc(C)n1-2. The van der Waals surface area contributed by atoms with Crippen LogP contribution >= 0.6 is 22.9 Å². The van der Waals surface area contributed by atoms with Crippen molar-refractivity contribution in [2.45, 2.75) is 90.8 Å². The summed E-state index contributed by atoms with van der Waals surface area (Å²) in [6.07, 6.45) is 1.59. The normalized spacial score (nSPS) is 17.2. The number of carbonyl (C=O) groups is 4. The van der Waals surface area contributed by atoms with Crippen molar-refractivity contribution in [3.63, 3.8) is 0 Å². The van der Waals surface area contributed by atoms with Gasteiger partial charge in [-0.05, 0) is 103 Å². The fourth-order valence-electron chi connectivity index (χ4n) is 7.07. The smallest absolute Gasteiger partial charge is 0.408 e. The highest BCUT2D eigenvalue weighted by molar-refractivity contribution is 7.15. The number of carbonyl (C=O) groups excluding carboxylic acids is 3. The molecule has 2 fully saturated rings. The van der Waals surface area contributed by atoms with E-state index in [1.54, 1.807) is 37.0 Å². The van der Waals surface area contributed by atoms with Crippen LogP contribution in [0, 0.1) is 38.5 Å². The second-order valence-corrected chi connectivity index (χ2v) is 17.4. The molecular weight excluding hydrogens is 766 g/mol. The van der Waals surface area contributed by atoms with E-state index in [1.807, 2.05) is 35.8 Å². The van der Waals surface area contributed by atoms with Gasteiger partial charge in [-0.2, -0.15) is 0 Å². The van der Waals surface area contributed by atoms with Gasteiger partial charge in [0.1, 0.15) is 28.0 Å². The van der Waals surface area contributed by atoms with E-state index < -0.39 is 29.2 Å². The molecule has 7 rings (SSSR count). The Morgan fingerprint density at radius 3 is 2.39 bits per heavy atom. The average molecular weight is 810 g/mol. The molecule has 0 bridgehead atoms. The van der Waals surface area contributed by atoms with Gasteiger partial charge in [-0.25, -0.2) is 9.59 Å². The van der Waals surface area contributed by atoms with Gasteiger partial charge in [0.2, 0.25) is 11.8 Å². The number of fused-ring (bicyclic) bond motifs is 3. The first-order chi connectivity index (χ1) is 27.0. The quantitative estimate of drug-likeness (QED) is 0.165. The number of aromatic carboxylic acids is 1. The van der Waals surface area contributed by atoms with Crippen LogP contribution in [-0.4, -0.2) is 78.6 Å². The Kier molecular flexibility index (Phi) is 10.8. The van der Waals surface area contributed by atoms with Crippen molar-refractivity contribution in [2.75, 3.05) is 18.4 Å². The Labute approximate surface area is 339 Å². The molecule has 2 aliphatic heterocycles. The number of carboxylic acids is 1. The number of aromatic nitrogens is 3. The molecule has 0 unspecified atom stereocenters. The summed E-state index contributed by atoms with van der Waals surface area (Å²) in [7, 11) is 0. The Bertz CT molecular complexity index is 2370. The molecule has 3 amide bonds. The van der Waals surface area contributed by atoms with Crippen LogP contribution in [0.1, 0.15) is 108 Å². The molecule has 3 aliphatic rings. The van der Waals surface area contributed by atoms with E-state index in [0.29, 0.717) is 61.1 Å². The van der Waals surface area contributed by atoms with E-state index in [0.717, 1.165) is 32.3 Å². The second-order valence-electron chi connectivity index (χ2n) is 15.8. The maximum Gasteiger partial charge on any atom is 0.408 e. The molecule has 13 nitrogen and oxygen atoms in total. The lowest BCUT2D eigenvalue weighted by atomic mass is 9.95. The minimum atomic E-state index is -1.16. The Hall–Kier alpha value is -5.52. The molecule has 0 spiro atoms. The average Bonchev–Trinajstić information content (AvgIpc) is 3.75. The maximum atomic E-state index is 14.0. The van der Waals surface area contributed by atoms with Gasteiger partial charge in [0.05, 0.1) is 17.7 Å². The summed E-state index contributed by atoms with van der Waals surface area (Å²) in [6.45, 7) is 12.1. The lowest BCUT2D eigenvalue weighted by Gasteiger charge is -2.32. The van der Waals surface area contributed by atoms with E-state index >= 15 is 0 Å². The summed E-state index contributed by atoms with van der Waals surface area (Å²) in [5.41, 5.74) is 2.88. The third kappa shape index (κ3) is 8.60. The minimum Gasteiger partial charge on any atom is -0.478 e. The summed E-state index contributed by atoms with van der Waals surface area (Å²) >= 11 is 7.90. The molecular formula is C42H44ClN7O6S. The number of rotatable bonds is 7. The number of piperidine rings is 1. The summed E-state index contributed by atoms with van der Waals surface area (Å²) < 4.78 is 7.38. The van der Waals surface area contributed by atoms with Crippen molar-refractivity contribution in [3.8, 4) is 16.8 Å². The fraction of sp³-hybridized carbons (Fsp3) is 0.405. The number of likely N-dealkylation sites (tertiary alicyclic amines) is 1. The predicted molar refractivity (Wildman–Crippen MR) is 217 cm³/mol. The van der Waals surface area contributed by atoms with Crippen molar-refractivity contribution in [2.24, 2.45) is 10.9 Å². The van der Waals surface area contributed by atoms with Crippen molar-refractivity contribution >= 4 is 58.2 Å². The molecule has 57 heavy (non-hydrogen) atoms. The van der Waals surface area contributed by atoms with Gasteiger partial charge in [-0.15, -0.1) is 21.5 Å². The number of hydrogen-bond donors (Lipinski definition) is 3. The number of aryl methyl sites for hydroxylation is 2. The van der Waals surface area contributed by atoms with Gasteiger partial charge in [0, 0.05) is 51.3 Å². The first-order valence-electron chi connectivity index (χ1n) is 18.9. The molecule has 296 valence electrons. The molecule has 1 saturated carbocycles. The topological polar surface area (TPSA) is 168 Å². The molecule has 15 heteroatoms. The van der Waals surface area contributed by atoms with Gasteiger partial charge in [-0.3, -0.25) is 19.1 Å². The number of carboxylic acid groups (broad SMARTS) is 1. The van der Waals surface area contributed by atoms with Gasteiger partial charge in [0.15, 0.2) is 5.82 Å². The minimum absolute atomic E-state index is 0.0204. The molecule has 0 radical (unpaired) electrons. The number of ether oxygens (including phenoxy) is 1. The number of hydrogen-bond acceptors (Lipinski definition) is 9. The standard InChI is InChI=1S/C42H44ClN7O6S/c1-23-24(2)57-38-34(23)35(26-7-9-29(43)10-8-26)45-32(36-48-47-25(3)50(36)38)22-33(51)49-19-14-27(15-20-49)37(52)44-30-11-12-31(39(53)54)28(21-30)13-16-42(17-18-42)46-40(55)56-41(4,5)6/h7-12,21,27,32H,14-15,17-20,22H2,1-6H3,(H,44,52)(H,46,55)(H,53,54)/t32-/m0/s1. The van der Waals surface area contributed by atoms with Crippen molar-refractivity contribution in [1.82, 2.24) is 25.0 Å². The highest BCUT2D eigenvalue weighted by atomic mass is 35.5.